The van der Waals surface area contributed by atoms with Crippen LogP contribution in [0.15, 0.2) is 12.4 Å². The zero-order chi connectivity index (χ0) is 9.97. The van der Waals surface area contributed by atoms with Crippen molar-refractivity contribution in [3.8, 4) is 0 Å². The van der Waals surface area contributed by atoms with Gasteiger partial charge in [0, 0.05) is 25.4 Å². The Bertz CT molecular complexity index is 334. The van der Waals surface area contributed by atoms with Gasteiger partial charge >= 0.3 is 0 Å². The van der Waals surface area contributed by atoms with Crippen LogP contribution < -0.4 is 4.90 Å². The molecule has 14 heavy (non-hydrogen) atoms. The standard InChI is InChI=1S/C10H13N3O/c1-2-8-5-11-10(12-6-8)13-4-3-9(14)7-13/h5-6H,2-4,7H2,1H3. The first-order valence-electron chi connectivity index (χ1n) is 4.87. The third kappa shape index (κ3) is 1.73. The number of Topliss-reactive ketones (excluding diaryl/α,β-unsaturated/α-hetero) is 1. The van der Waals surface area contributed by atoms with Gasteiger partial charge in [0.25, 0.3) is 0 Å². The van der Waals surface area contributed by atoms with Gasteiger partial charge in [-0.25, -0.2) is 9.97 Å². The number of hydrogen-bond acceptors (Lipinski definition) is 4. The van der Waals surface area contributed by atoms with E-state index in [-0.39, 0.29) is 5.78 Å². The van der Waals surface area contributed by atoms with Gasteiger partial charge in [-0.2, -0.15) is 0 Å². The van der Waals surface area contributed by atoms with Crippen LogP contribution in [0.1, 0.15) is 18.9 Å². The highest BCUT2D eigenvalue weighted by Crippen LogP contribution is 2.12. The summed E-state index contributed by atoms with van der Waals surface area (Å²) in [4.78, 5) is 21.4. The van der Waals surface area contributed by atoms with E-state index in [2.05, 4.69) is 16.9 Å². The Morgan fingerprint density at radius 2 is 2.14 bits per heavy atom. The fraction of sp³-hybridized carbons (Fsp3) is 0.500. The fourth-order valence-electron chi connectivity index (χ4n) is 1.50. The summed E-state index contributed by atoms with van der Waals surface area (Å²) in [5.41, 5.74) is 1.12. The molecule has 4 nitrogen and oxygen atoms in total. The minimum absolute atomic E-state index is 0.271. The zero-order valence-electron chi connectivity index (χ0n) is 8.23. The second kappa shape index (κ2) is 3.74. The molecule has 0 atom stereocenters. The van der Waals surface area contributed by atoms with Gasteiger partial charge in [-0.3, -0.25) is 4.79 Å². The first-order valence-corrected chi connectivity index (χ1v) is 4.87. The van der Waals surface area contributed by atoms with E-state index in [1.54, 1.807) is 0 Å². The number of aryl methyl sites for hydroxylation is 1. The lowest BCUT2D eigenvalue weighted by Crippen LogP contribution is -2.21. The maximum atomic E-state index is 11.1. The molecule has 4 heteroatoms. The number of rotatable bonds is 2. The molecule has 0 aliphatic carbocycles. The summed E-state index contributed by atoms with van der Waals surface area (Å²) in [6.45, 7) is 3.29. The smallest absolute Gasteiger partial charge is 0.225 e. The summed E-state index contributed by atoms with van der Waals surface area (Å²) in [6.07, 6.45) is 5.22. The van der Waals surface area contributed by atoms with E-state index in [9.17, 15) is 4.79 Å². The number of carbonyl (C=O) groups is 1. The summed E-state index contributed by atoms with van der Waals surface area (Å²) < 4.78 is 0. The van der Waals surface area contributed by atoms with Gasteiger partial charge in [0.15, 0.2) is 5.78 Å². The molecule has 1 aromatic heterocycles. The average Bonchev–Trinajstić information content (AvgIpc) is 2.65. The van der Waals surface area contributed by atoms with E-state index >= 15 is 0 Å². The quantitative estimate of drug-likeness (QED) is 0.694. The Hall–Kier alpha value is -1.45. The number of aromatic nitrogens is 2. The molecule has 0 unspecified atom stereocenters. The minimum Gasteiger partial charge on any atom is -0.333 e. The Balaban J connectivity index is 2.13. The molecule has 1 saturated heterocycles. The van der Waals surface area contributed by atoms with Crippen molar-refractivity contribution in [3.05, 3.63) is 18.0 Å². The molecule has 1 aliphatic heterocycles. The Morgan fingerprint density at radius 3 is 2.64 bits per heavy atom. The molecule has 2 rings (SSSR count). The van der Waals surface area contributed by atoms with Crippen LogP contribution in [0, 0.1) is 0 Å². The predicted molar refractivity (Wildman–Crippen MR) is 53.2 cm³/mol. The van der Waals surface area contributed by atoms with Crippen LogP contribution in [0.2, 0.25) is 0 Å². The monoisotopic (exact) mass is 191 g/mol. The van der Waals surface area contributed by atoms with E-state index in [4.69, 9.17) is 0 Å². The molecule has 0 N–H and O–H groups in total. The van der Waals surface area contributed by atoms with Gasteiger partial charge in [-0.05, 0) is 12.0 Å². The Labute approximate surface area is 83.0 Å². The second-order valence-electron chi connectivity index (χ2n) is 3.46. The number of nitrogens with zero attached hydrogens (tertiary/aromatic N) is 3. The van der Waals surface area contributed by atoms with Crippen molar-refractivity contribution >= 4 is 11.7 Å². The third-order valence-electron chi connectivity index (χ3n) is 2.41. The van der Waals surface area contributed by atoms with Crippen LogP contribution in [0.3, 0.4) is 0 Å². The summed E-state index contributed by atoms with van der Waals surface area (Å²) in [7, 11) is 0. The number of hydrogen-bond donors (Lipinski definition) is 0. The van der Waals surface area contributed by atoms with Gasteiger partial charge < -0.3 is 4.90 Å². The molecule has 0 bridgehead atoms. The van der Waals surface area contributed by atoms with Crippen molar-refractivity contribution in [3.63, 3.8) is 0 Å². The van der Waals surface area contributed by atoms with Crippen molar-refractivity contribution in [2.24, 2.45) is 0 Å². The van der Waals surface area contributed by atoms with Crippen LogP contribution in [-0.2, 0) is 11.2 Å². The molecule has 1 aliphatic rings. The van der Waals surface area contributed by atoms with Crippen LogP contribution in [0.4, 0.5) is 5.95 Å². The van der Waals surface area contributed by atoms with Gasteiger partial charge in [0.2, 0.25) is 5.95 Å². The van der Waals surface area contributed by atoms with E-state index in [1.165, 1.54) is 0 Å². The lowest BCUT2D eigenvalue weighted by molar-refractivity contribution is -0.116. The van der Waals surface area contributed by atoms with E-state index in [1.807, 2.05) is 17.3 Å². The number of carbonyl (C=O) groups excluding carboxylic acids is 1. The van der Waals surface area contributed by atoms with Crippen molar-refractivity contribution in [1.29, 1.82) is 0 Å². The molecule has 1 aromatic rings. The van der Waals surface area contributed by atoms with E-state index in [0.717, 1.165) is 18.5 Å². The van der Waals surface area contributed by atoms with Crippen LogP contribution in [-0.4, -0.2) is 28.8 Å². The predicted octanol–water partition coefficient (Wildman–Crippen LogP) is 0.818. The highest BCUT2D eigenvalue weighted by molar-refractivity contribution is 5.86. The van der Waals surface area contributed by atoms with Crippen LogP contribution in [0.5, 0.6) is 0 Å². The van der Waals surface area contributed by atoms with Gasteiger partial charge in [0.05, 0.1) is 6.54 Å². The SMILES string of the molecule is CCc1cnc(N2CCC(=O)C2)nc1. The van der Waals surface area contributed by atoms with Crippen molar-refractivity contribution < 1.29 is 4.79 Å². The molecule has 0 aromatic carbocycles. The van der Waals surface area contributed by atoms with Crippen molar-refractivity contribution in [1.82, 2.24) is 9.97 Å². The molecular weight excluding hydrogens is 178 g/mol. The first-order chi connectivity index (χ1) is 6.79. The summed E-state index contributed by atoms with van der Waals surface area (Å²) in [5, 5.41) is 0. The summed E-state index contributed by atoms with van der Waals surface area (Å²) in [5.74, 6) is 0.946. The van der Waals surface area contributed by atoms with Crippen molar-refractivity contribution in [2.45, 2.75) is 19.8 Å². The first kappa shape index (κ1) is 9.12. The Kier molecular flexibility index (Phi) is 2.43. The lowest BCUT2D eigenvalue weighted by atomic mass is 10.3. The second-order valence-corrected chi connectivity index (χ2v) is 3.46. The third-order valence-corrected chi connectivity index (χ3v) is 2.41. The maximum Gasteiger partial charge on any atom is 0.225 e. The maximum absolute atomic E-state index is 11.1. The largest absolute Gasteiger partial charge is 0.333 e. The molecule has 74 valence electrons. The van der Waals surface area contributed by atoms with Gasteiger partial charge in [0.1, 0.15) is 0 Å². The topological polar surface area (TPSA) is 46.1 Å². The molecule has 0 amide bonds. The molecule has 0 radical (unpaired) electrons. The highest BCUT2D eigenvalue weighted by Gasteiger charge is 2.21. The lowest BCUT2D eigenvalue weighted by Gasteiger charge is -2.13. The fourth-order valence-corrected chi connectivity index (χ4v) is 1.50. The van der Waals surface area contributed by atoms with Gasteiger partial charge in [-0.15, -0.1) is 0 Å². The van der Waals surface area contributed by atoms with E-state index in [0.29, 0.717) is 18.9 Å². The summed E-state index contributed by atoms with van der Waals surface area (Å²) >= 11 is 0. The highest BCUT2D eigenvalue weighted by atomic mass is 16.1. The molecule has 0 spiro atoms. The molecular formula is C10H13N3O. The molecule has 0 saturated carbocycles. The van der Waals surface area contributed by atoms with Crippen LogP contribution in [0.25, 0.3) is 0 Å². The van der Waals surface area contributed by atoms with Gasteiger partial charge in [-0.1, -0.05) is 6.92 Å². The van der Waals surface area contributed by atoms with Crippen LogP contribution >= 0.6 is 0 Å². The minimum atomic E-state index is 0.271. The Morgan fingerprint density at radius 1 is 1.43 bits per heavy atom. The molecule has 1 fully saturated rings. The average molecular weight is 191 g/mol. The molecule has 2 heterocycles. The summed E-state index contributed by atoms with van der Waals surface area (Å²) in [6, 6.07) is 0. The van der Waals surface area contributed by atoms with E-state index < -0.39 is 0 Å². The number of anilines is 1. The number of ketones is 1. The van der Waals surface area contributed by atoms with Crippen molar-refractivity contribution in [2.75, 3.05) is 18.0 Å². The zero-order valence-corrected chi connectivity index (χ0v) is 8.23. The normalized spacial score (nSPS) is 16.4.